The SMILES string of the molecule is CCCCCCCCCCCCCCCCCCCC(=O)O[C@H](COC(=O)CCCCCCCCCCCCCCCCC)COP(=O)(O)OC[C@@H](O)COP(=O)(O)OC[C@@H](COC(=O)CCCCCCCCCC)OC(=O)CCCCCCCCCCCCCC. The van der Waals surface area contributed by atoms with Crippen molar-refractivity contribution in [2.75, 3.05) is 39.6 Å². The Balaban J connectivity index is 5.21. The summed E-state index contributed by atoms with van der Waals surface area (Å²) in [5.41, 5.74) is 0. The van der Waals surface area contributed by atoms with Gasteiger partial charge in [-0.1, -0.05) is 336 Å². The number of carbonyl (C=O) groups excluding carboxylic acids is 4. The monoisotopic (exact) mass is 1350 g/mol. The maximum Gasteiger partial charge on any atom is 0.472 e. The standard InChI is InChI=1S/C73H142O17P2/c1-5-9-13-17-21-25-28-31-33-34-36-38-41-44-48-52-56-60-73(78)90-69(64-84-71(76)58-54-50-46-42-40-37-35-32-29-26-22-18-14-10-6-2)66-88-92(81,82)86-62-67(74)61-85-91(79,80)87-65-68(63-83-70(75)57-53-49-45-24-20-16-12-8-4)89-72(77)59-55-51-47-43-39-30-27-23-19-15-11-7-3/h67-69,74H,5-66H2,1-4H3,(H,79,80)(H,81,82)/t67-,68+,69+/m0/s1. The van der Waals surface area contributed by atoms with Crippen LogP contribution < -0.4 is 0 Å². The molecule has 2 unspecified atom stereocenters. The molecule has 0 radical (unpaired) electrons. The normalized spacial score (nSPS) is 13.9. The third-order valence-corrected chi connectivity index (χ3v) is 19.0. The Kier molecular flexibility index (Phi) is 66.2. The number of hydrogen-bond acceptors (Lipinski definition) is 15. The highest BCUT2D eigenvalue weighted by Gasteiger charge is 2.30. The van der Waals surface area contributed by atoms with Gasteiger partial charge in [-0.05, 0) is 25.7 Å². The number of unbranched alkanes of at least 4 members (excludes halogenated alkanes) is 48. The molecule has 0 aliphatic rings. The first-order valence-corrected chi connectivity index (χ1v) is 41.3. The third-order valence-electron chi connectivity index (χ3n) is 17.1. The van der Waals surface area contributed by atoms with Gasteiger partial charge in [0.1, 0.15) is 19.3 Å². The van der Waals surface area contributed by atoms with E-state index in [-0.39, 0.29) is 25.7 Å². The second-order valence-corrected chi connectivity index (χ2v) is 29.2. The van der Waals surface area contributed by atoms with E-state index in [1.807, 2.05) is 0 Å². The number of hydrogen-bond donors (Lipinski definition) is 3. The summed E-state index contributed by atoms with van der Waals surface area (Å²) in [5.74, 6) is -2.12. The molecule has 0 aromatic carbocycles. The minimum absolute atomic E-state index is 0.108. The summed E-state index contributed by atoms with van der Waals surface area (Å²) in [6.07, 6.45) is 56.8. The van der Waals surface area contributed by atoms with Crippen molar-refractivity contribution in [3.63, 3.8) is 0 Å². The number of aliphatic hydroxyl groups is 1. The van der Waals surface area contributed by atoms with Crippen molar-refractivity contribution in [2.45, 2.75) is 406 Å². The fourth-order valence-corrected chi connectivity index (χ4v) is 12.8. The minimum atomic E-state index is -4.95. The van der Waals surface area contributed by atoms with E-state index in [9.17, 15) is 43.2 Å². The summed E-state index contributed by atoms with van der Waals surface area (Å²) in [6.45, 7) is 4.95. The molecular formula is C73H142O17P2. The molecule has 0 saturated heterocycles. The Morgan fingerprint density at radius 3 is 0.641 bits per heavy atom. The molecule has 0 bridgehead atoms. The van der Waals surface area contributed by atoms with Crippen LogP contribution in [0.5, 0.6) is 0 Å². The van der Waals surface area contributed by atoms with E-state index in [1.54, 1.807) is 0 Å². The molecule has 19 heteroatoms. The van der Waals surface area contributed by atoms with E-state index < -0.39 is 97.5 Å². The highest BCUT2D eigenvalue weighted by Crippen LogP contribution is 2.45. The van der Waals surface area contributed by atoms with Gasteiger partial charge in [0.05, 0.1) is 26.4 Å². The lowest BCUT2D eigenvalue weighted by atomic mass is 10.0. The van der Waals surface area contributed by atoms with Gasteiger partial charge in [-0.25, -0.2) is 9.13 Å². The van der Waals surface area contributed by atoms with Crippen LogP contribution in [0.1, 0.15) is 387 Å². The van der Waals surface area contributed by atoms with Crippen LogP contribution in [-0.4, -0.2) is 96.7 Å². The molecule has 0 aromatic heterocycles. The highest BCUT2D eigenvalue weighted by molar-refractivity contribution is 7.47. The number of rotatable bonds is 74. The zero-order chi connectivity index (χ0) is 67.5. The molecular weight excluding hydrogens is 1210 g/mol. The summed E-state index contributed by atoms with van der Waals surface area (Å²) in [6, 6.07) is 0. The van der Waals surface area contributed by atoms with E-state index in [4.69, 9.17) is 37.0 Å². The van der Waals surface area contributed by atoms with Crippen LogP contribution in [0.2, 0.25) is 0 Å². The first-order valence-electron chi connectivity index (χ1n) is 38.3. The summed E-state index contributed by atoms with van der Waals surface area (Å²) in [7, 11) is -9.90. The molecule has 0 heterocycles. The van der Waals surface area contributed by atoms with Crippen molar-refractivity contribution in [3.8, 4) is 0 Å². The van der Waals surface area contributed by atoms with Gasteiger partial charge >= 0.3 is 39.5 Å². The average Bonchev–Trinajstić information content (AvgIpc) is 2.00. The summed E-state index contributed by atoms with van der Waals surface area (Å²) >= 11 is 0. The van der Waals surface area contributed by atoms with Crippen LogP contribution in [0.4, 0.5) is 0 Å². The number of phosphoric ester groups is 2. The molecule has 0 rings (SSSR count). The van der Waals surface area contributed by atoms with Crippen LogP contribution in [0.3, 0.4) is 0 Å². The summed E-state index contributed by atoms with van der Waals surface area (Å²) in [4.78, 5) is 72.6. The summed E-state index contributed by atoms with van der Waals surface area (Å²) < 4.78 is 68.4. The van der Waals surface area contributed by atoms with Crippen molar-refractivity contribution in [3.05, 3.63) is 0 Å². The van der Waals surface area contributed by atoms with Gasteiger partial charge in [-0.2, -0.15) is 0 Å². The van der Waals surface area contributed by atoms with Crippen molar-refractivity contribution in [2.24, 2.45) is 0 Å². The molecule has 0 fully saturated rings. The molecule has 3 N–H and O–H groups in total. The van der Waals surface area contributed by atoms with Crippen LogP contribution >= 0.6 is 15.6 Å². The maximum absolute atomic E-state index is 13.1. The number of carbonyl (C=O) groups is 4. The molecule has 0 aliphatic carbocycles. The molecule has 0 aliphatic heterocycles. The lowest BCUT2D eigenvalue weighted by Crippen LogP contribution is -2.30. The van der Waals surface area contributed by atoms with Crippen LogP contribution in [0.25, 0.3) is 0 Å². The van der Waals surface area contributed by atoms with Crippen molar-refractivity contribution in [1.82, 2.24) is 0 Å². The first-order chi connectivity index (χ1) is 44.7. The fourth-order valence-electron chi connectivity index (χ4n) is 11.2. The van der Waals surface area contributed by atoms with E-state index in [1.165, 1.54) is 212 Å². The highest BCUT2D eigenvalue weighted by atomic mass is 31.2. The predicted molar refractivity (Wildman–Crippen MR) is 372 cm³/mol. The van der Waals surface area contributed by atoms with Gasteiger partial charge in [0, 0.05) is 25.7 Å². The molecule has 5 atom stereocenters. The zero-order valence-electron chi connectivity index (χ0n) is 59.5. The molecule has 546 valence electrons. The van der Waals surface area contributed by atoms with Crippen molar-refractivity contribution >= 4 is 39.5 Å². The number of esters is 4. The van der Waals surface area contributed by atoms with E-state index in [0.717, 1.165) is 96.3 Å². The Morgan fingerprint density at radius 1 is 0.261 bits per heavy atom. The van der Waals surface area contributed by atoms with E-state index in [2.05, 4.69) is 27.7 Å². The topological polar surface area (TPSA) is 237 Å². The molecule has 92 heavy (non-hydrogen) atoms. The van der Waals surface area contributed by atoms with Gasteiger partial charge in [0.15, 0.2) is 12.2 Å². The second kappa shape index (κ2) is 67.6. The molecule has 0 aromatic rings. The predicted octanol–water partition coefficient (Wildman–Crippen LogP) is 21.4. The van der Waals surface area contributed by atoms with Crippen LogP contribution in [0.15, 0.2) is 0 Å². The molecule has 0 amide bonds. The first kappa shape index (κ1) is 90.1. The van der Waals surface area contributed by atoms with Crippen molar-refractivity contribution in [1.29, 1.82) is 0 Å². The Hall–Kier alpha value is -1.94. The largest absolute Gasteiger partial charge is 0.472 e. The van der Waals surface area contributed by atoms with Crippen LogP contribution in [0, 0.1) is 0 Å². The van der Waals surface area contributed by atoms with Gasteiger partial charge < -0.3 is 33.8 Å². The van der Waals surface area contributed by atoms with E-state index >= 15 is 0 Å². The minimum Gasteiger partial charge on any atom is -0.462 e. The lowest BCUT2D eigenvalue weighted by molar-refractivity contribution is -0.161. The fraction of sp³-hybridized carbons (Fsp3) is 0.945. The number of ether oxygens (including phenoxy) is 4. The number of aliphatic hydroxyl groups excluding tert-OH is 1. The maximum atomic E-state index is 13.1. The number of phosphoric acid groups is 2. The molecule has 17 nitrogen and oxygen atoms in total. The van der Waals surface area contributed by atoms with Crippen molar-refractivity contribution < 1.29 is 80.2 Å². The second-order valence-electron chi connectivity index (χ2n) is 26.3. The van der Waals surface area contributed by atoms with Gasteiger partial charge in [-0.3, -0.25) is 37.3 Å². The Bertz CT molecular complexity index is 1760. The van der Waals surface area contributed by atoms with E-state index in [0.29, 0.717) is 25.7 Å². The van der Waals surface area contributed by atoms with Gasteiger partial charge in [-0.15, -0.1) is 0 Å². The quantitative estimate of drug-likeness (QED) is 0.0222. The average molecular weight is 1350 g/mol. The van der Waals surface area contributed by atoms with Crippen LogP contribution in [-0.2, 0) is 65.4 Å². The third kappa shape index (κ3) is 66.7. The smallest absolute Gasteiger partial charge is 0.462 e. The molecule has 0 saturated carbocycles. The zero-order valence-corrected chi connectivity index (χ0v) is 61.3. The lowest BCUT2D eigenvalue weighted by Gasteiger charge is -2.21. The van der Waals surface area contributed by atoms with Gasteiger partial charge in [0.25, 0.3) is 0 Å². The molecule has 0 spiro atoms. The van der Waals surface area contributed by atoms with Gasteiger partial charge in [0.2, 0.25) is 0 Å². The summed E-state index contributed by atoms with van der Waals surface area (Å²) in [5, 5.41) is 10.6. The Labute approximate surface area is 562 Å². The Morgan fingerprint density at radius 2 is 0.435 bits per heavy atom.